The molecule has 5 aliphatic carbocycles. The fraction of sp³-hybridized carbons (Fsp3) is 0.933. The molecule has 0 aromatic carbocycles. The zero-order chi connectivity index (χ0) is 22.6. The average Bonchev–Trinajstić information content (AvgIpc) is 2.69. The summed E-state index contributed by atoms with van der Waals surface area (Å²) >= 11 is 0. The minimum absolute atomic E-state index is 0.0533. The molecule has 4 fully saturated rings. The van der Waals surface area contributed by atoms with Gasteiger partial charge in [0.1, 0.15) is 0 Å². The number of fused-ring (bicyclic) bond motifs is 7. The lowest BCUT2D eigenvalue weighted by Gasteiger charge is -2.71. The zero-order valence-corrected chi connectivity index (χ0v) is 21.9. The highest BCUT2D eigenvalue weighted by Crippen LogP contribution is 2.75. The number of hydrogen-bond donors (Lipinski definition) is 1. The predicted molar refractivity (Wildman–Crippen MR) is 131 cm³/mol. The highest BCUT2D eigenvalue weighted by molar-refractivity contribution is 5.33. The van der Waals surface area contributed by atoms with E-state index in [2.05, 4.69) is 61.5 Å². The van der Waals surface area contributed by atoms with E-state index >= 15 is 0 Å². The van der Waals surface area contributed by atoms with E-state index in [-0.39, 0.29) is 11.5 Å². The van der Waals surface area contributed by atoms with Gasteiger partial charge in [-0.2, -0.15) is 0 Å². The molecule has 0 radical (unpaired) electrons. The van der Waals surface area contributed by atoms with Crippen molar-refractivity contribution in [1.82, 2.24) is 0 Å². The molecular weight excluding hydrogens is 376 g/mol. The van der Waals surface area contributed by atoms with Crippen LogP contribution in [0.1, 0.15) is 113 Å². The number of aliphatic hydroxyl groups excluding tert-OH is 1. The van der Waals surface area contributed by atoms with Crippen molar-refractivity contribution in [3.63, 3.8) is 0 Å². The van der Waals surface area contributed by atoms with Gasteiger partial charge in [-0.3, -0.25) is 0 Å². The van der Waals surface area contributed by atoms with Crippen LogP contribution in [0.4, 0.5) is 0 Å². The summed E-state index contributed by atoms with van der Waals surface area (Å²) in [5, 5.41) is 10.9. The van der Waals surface area contributed by atoms with Crippen LogP contribution in [0.2, 0.25) is 0 Å². The number of aliphatic hydroxyl groups is 1. The van der Waals surface area contributed by atoms with Crippen LogP contribution < -0.4 is 0 Å². The second kappa shape index (κ2) is 6.64. The van der Waals surface area contributed by atoms with Crippen LogP contribution in [0.3, 0.4) is 0 Å². The molecule has 0 unspecified atom stereocenters. The Bertz CT molecular complexity index is 779. The monoisotopic (exact) mass is 426 g/mol. The van der Waals surface area contributed by atoms with Gasteiger partial charge in [-0.25, -0.2) is 0 Å². The molecule has 1 N–H and O–H groups in total. The number of rotatable bonds is 0. The Labute approximate surface area is 192 Å². The minimum Gasteiger partial charge on any atom is -0.393 e. The van der Waals surface area contributed by atoms with Gasteiger partial charge in [0.25, 0.3) is 0 Å². The molecule has 31 heavy (non-hydrogen) atoms. The Morgan fingerprint density at radius 2 is 1.52 bits per heavy atom. The highest BCUT2D eigenvalue weighted by atomic mass is 16.3. The van der Waals surface area contributed by atoms with Crippen molar-refractivity contribution in [2.45, 2.75) is 119 Å². The fourth-order valence-corrected chi connectivity index (χ4v) is 10.8. The van der Waals surface area contributed by atoms with Gasteiger partial charge in [-0.05, 0) is 114 Å². The van der Waals surface area contributed by atoms with Gasteiger partial charge < -0.3 is 5.11 Å². The van der Waals surface area contributed by atoms with Gasteiger partial charge >= 0.3 is 0 Å². The standard InChI is InChI=1S/C30H50O/c1-19-11-14-27(5)17-18-29(7)21(25(27)20(19)2)9-10-23-28(6)15-13-24(31)26(3,4)22(28)12-16-30(23,29)8/h9,19-20,22-25,31H,10-18H2,1-8H3/t19-,20+,22-,23-,24-,25-,27-,28-,29+,30-/m0/s1. The maximum Gasteiger partial charge on any atom is 0.0594 e. The molecular formula is C30H50O. The summed E-state index contributed by atoms with van der Waals surface area (Å²) < 4.78 is 0. The van der Waals surface area contributed by atoms with Crippen molar-refractivity contribution in [2.75, 3.05) is 0 Å². The van der Waals surface area contributed by atoms with Gasteiger partial charge in [0, 0.05) is 0 Å². The summed E-state index contributed by atoms with van der Waals surface area (Å²) in [4.78, 5) is 0. The van der Waals surface area contributed by atoms with E-state index in [0.717, 1.165) is 30.1 Å². The molecule has 5 rings (SSSR count). The molecule has 0 aromatic heterocycles. The van der Waals surface area contributed by atoms with Crippen molar-refractivity contribution in [2.24, 2.45) is 56.7 Å². The first-order valence-electron chi connectivity index (χ1n) is 13.7. The Morgan fingerprint density at radius 1 is 0.806 bits per heavy atom. The maximum atomic E-state index is 10.9. The average molecular weight is 427 g/mol. The lowest BCUT2D eigenvalue weighted by atomic mass is 9.33. The summed E-state index contributed by atoms with van der Waals surface area (Å²) in [6.07, 6.45) is 14.5. The summed E-state index contributed by atoms with van der Waals surface area (Å²) in [6, 6.07) is 0. The quantitative estimate of drug-likeness (QED) is 0.389. The van der Waals surface area contributed by atoms with E-state index in [1.54, 1.807) is 0 Å². The molecule has 1 nitrogen and oxygen atoms in total. The molecule has 4 saturated carbocycles. The van der Waals surface area contributed by atoms with Gasteiger partial charge in [0.2, 0.25) is 0 Å². The molecule has 0 aliphatic heterocycles. The van der Waals surface area contributed by atoms with Crippen molar-refractivity contribution >= 4 is 0 Å². The Kier molecular flexibility index (Phi) is 4.82. The van der Waals surface area contributed by atoms with E-state index in [1.807, 2.05) is 5.57 Å². The molecule has 0 spiro atoms. The van der Waals surface area contributed by atoms with E-state index < -0.39 is 0 Å². The second-order valence-electron chi connectivity index (χ2n) is 14.7. The van der Waals surface area contributed by atoms with E-state index in [1.165, 1.54) is 51.4 Å². The first-order chi connectivity index (χ1) is 14.3. The van der Waals surface area contributed by atoms with Crippen LogP contribution in [0, 0.1) is 56.7 Å². The number of hydrogen-bond acceptors (Lipinski definition) is 1. The smallest absolute Gasteiger partial charge is 0.0594 e. The van der Waals surface area contributed by atoms with Gasteiger partial charge in [0.05, 0.1) is 6.10 Å². The van der Waals surface area contributed by atoms with Crippen LogP contribution in [-0.4, -0.2) is 11.2 Å². The van der Waals surface area contributed by atoms with Crippen molar-refractivity contribution < 1.29 is 5.11 Å². The molecule has 10 atom stereocenters. The molecule has 0 amide bonds. The first kappa shape index (κ1) is 22.5. The van der Waals surface area contributed by atoms with Crippen molar-refractivity contribution in [3.05, 3.63) is 11.6 Å². The fourth-order valence-electron chi connectivity index (χ4n) is 10.8. The Hall–Kier alpha value is -0.300. The molecule has 5 aliphatic rings. The summed E-state index contributed by atoms with van der Waals surface area (Å²) in [7, 11) is 0. The molecule has 0 saturated heterocycles. The van der Waals surface area contributed by atoms with E-state index in [4.69, 9.17) is 0 Å². The van der Waals surface area contributed by atoms with Crippen LogP contribution >= 0.6 is 0 Å². The largest absolute Gasteiger partial charge is 0.393 e. The van der Waals surface area contributed by atoms with Crippen LogP contribution in [0.5, 0.6) is 0 Å². The third-order valence-electron chi connectivity index (χ3n) is 13.4. The molecule has 0 heterocycles. The Morgan fingerprint density at radius 3 is 2.23 bits per heavy atom. The van der Waals surface area contributed by atoms with Gasteiger partial charge in [0.15, 0.2) is 0 Å². The lowest BCUT2D eigenvalue weighted by molar-refractivity contribution is -0.203. The lowest BCUT2D eigenvalue weighted by Crippen LogP contribution is -2.64. The third-order valence-corrected chi connectivity index (χ3v) is 13.4. The Balaban J connectivity index is 1.59. The number of allylic oxidation sites excluding steroid dienone is 2. The summed E-state index contributed by atoms with van der Waals surface area (Å²) in [6.45, 7) is 20.5. The second-order valence-corrected chi connectivity index (χ2v) is 14.7. The maximum absolute atomic E-state index is 10.9. The van der Waals surface area contributed by atoms with Crippen molar-refractivity contribution in [3.8, 4) is 0 Å². The molecule has 1 heteroatoms. The summed E-state index contributed by atoms with van der Waals surface area (Å²) in [5.74, 6) is 3.90. The first-order valence-corrected chi connectivity index (χ1v) is 13.7. The minimum atomic E-state index is -0.125. The van der Waals surface area contributed by atoms with Crippen molar-refractivity contribution in [1.29, 1.82) is 0 Å². The molecule has 176 valence electrons. The van der Waals surface area contributed by atoms with E-state index in [0.29, 0.717) is 27.6 Å². The van der Waals surface area contributed by atoms with Crippen LogP contribution in [0.25, 0.3) is 0 Å². The zero-order valence-electron chi connectivity index (χ0n) is 21.9. The normalized spacial score (nSPS) is 58.3. The van der Waals surface area contributed by atoms with Crippen LogP contribution in [-0.2, 0) is 0 Å². The predicted octanol–water partition coefficient (Wildman–Crippen LogP) is 8.02. The van der Waals surface area contributed by atoms with Crippen LogP contribution in [0.15, 0.2) is 11.6 Å². The highest BCUT2D eigenvalue weighted by Gasteiger charge is 2.67. The third kappa shape index (κ3) is 2.65. The molecule has 0 aromatic rings. The topological polar surface area (TPSA) is 20.2 Å². The SMILES string of the molecule is C[C@H]1[C@H]2C3=CC[C@H]4[C@@]5(C)CC[C@H](O)C(C)(C)[C@@H]5CC[C@]4(C)[C@]3(C)CC[C@]2(C)CC[C@@H]1C. The van der Waals surface area contributed by atoms with E-state index in [9.17, 15) is 5.11 Å². The van der Waals surface area contributed by atoms with Gasteiger partial charge in [-0.15, -0.1) is 0 Å². The van der Waals surface area contributed by atoms with Gasteiger partial charge in [-0.1, -0.05) is 67.0 Å². The summed E-state index contributed by atoms with van der Waals surface area (Å²) in [5.41, 5.74) is 3.60. The molecule has 0 bridgehead atoms.